The molecule has 2 heterocycles. The summed E-state index contributed by atoms with van der Waals surface area (Å²) in [4.78, 5) is 16.1. The van der Waals surface area contributed by atoms with Gasteiger partial charge in [0.05, 0.1) is 32.5 Å². The largest absolute Gasteiger partial charge is 0.376 e. The summed E-state index contributed by atoms with van der Waals surface area (Å²) >= 11 is 0. The highest BCUT2D eigenvalue weighted by Gasteiger charge is 2.25. The second kappa shape index (κ2) is 7.86. The molecule has 3 rings (SSSR count). The standard InChI is InChI=1S/C17H23FN2O3/c18-16-4-2-1-3-14(16)11-20-8-7-19(12-17(20)21)6-5-15-13-22-9-10-23-15/h1-4,15H,5-13H2. The molecule has 0 spiro atoms. The summed E-state index contributed by atoms with van der Waals surface area (Å²) in [6.07, 6.45) is 1.01. The highest BCUT2D eigenvalue weighted by molar-refractivity contribution is 5.79. The van der Waals surface area contributed by atoms with Crippen LogP contribution in [-0.4, -0.2) is 67.8 Å². The lowest BCUT2D eigenvalue weighted by Crippen LogP contribution is -2.50. The number of amides is 1. The van der Waals surface area contributed by atoms with E-state index in [4.69, 9.17) is 9.47 Å². The Morgan fingerprint density at radius 1 is 1.22 bits per heavy atom. The van der Waals surface area contributed by atoms with Crippen molar-refractivity contribution < 1.29 is 18.7 Å². The Labute approximate surface area is 136 Å². The second-order valence-electron chi connectivity index (χ2n) is 6.04. The molecule has 2 fully saturated rings. The number of hydrogen-bond acceptors (Lipinski definition) is 4. The zero-order chi connectivity index (χ0) is 16.1. The van der Waals surface area contributed by atoms with E-state index in [1.807, 2.05) is 0 Å². The zero-order valence-corrected chi connectivity index (χ0v) is 13.2. The van der Waals surface area contributed by atoms with Gasteiger partial charge in [0.1, 0.15) is 5.82 Å². The summed E-state index contributed by atoms with van der Waals surface area (Å²) in [5.74, 6) is -0.197. The van der Waals surface area contributed by atoms with E-state index in [9.17, 15) is 9.18 Å². The lowest BCUT2D eigenvalue weighted by atomic mass is 10.1. The molecule has 1 atom stereocenters. The molecule has 1 aromatic carbocycles. The number of carbonyl (C=O) groups is 1. The van der Waals surface area contributed by atoms with Gasteiger partial charge in [-0.15, -0.1) is 0 Å². The monoisotopic (exact) mass is 322 g/mol. The minimum atomic E-state index is -0.253. The van der Waals surface area contributed by atoms with Crippen molar-refractivity contribution in [1.82, 2.24) is 9.80 Å². The van der Waals surface area contributed by atoms with Gasteiger partial charge in [0, 0.05) is 31.7 Å². The first-order chi connectivity index (χ1) is 11.2. The number of ether oxygens (including phenoxy) is 2. The maximum Gasteiger partial charge on any atom is 0.237 e. The Bertz CT molecular complexity index is 534. The van der Waals surface area contributed by atoms with Gasteiger partial charge >= 0.3 is 0 Å². The topological polar surface area (TPSA) is 42.0 Å². The van der Waals surface area contributed by atoms with E-state index in [0.717, 1.165) is 19.5 Å². The van der Waals surface area contributed by atoms with E-state index in [2.05, 4.69) is 4.90 Å². The van der Waals surface area contributed by atoms with E-state index in [1.54, 1.807) is 23.1 Å². The van der Waals surface area contributed by atoms with E-state index < -0.39 is 0 Å². The number of piperazine rings is 1. The first-order valence-electron chi connectivity index (χ1n) is 8.15. The Hall–Kier alpha value is -1.50. The van der Waals surface area contributed by atoms with E-state index in [-0.39, 0.29) is 17.8 Å². The van der Waals surface area contributed by atoms with Crippen LogP contribution < -0.4 is 0 Å². The molecular weight excluding hydrogens is 299 g/mol. The van der Waals surface area contributed by atoms with Crippen molar-refractivity contribution in [2.45, 2.75) is 19.1 Å². The summed E-state index contributed by atoms with van der Waals surface area (Å²) < 4.78 is 24.7. The summed E-state index contributed by atoms with van der Waals surface area (Å²) in [6, 6.07) is 6.62. The van der Waals surface area contributed by atoms with Crippen molar-refractivity contribution in [1.29, 1.82) is 0 Å². The maximum atomic E-state index is 13.7. The van der Waals surface area contributed by atoms with Crippen LogP contribution >= 0.6 is 0 Å². The molecule has 0 saturated carbocycles. The number of hydrogen-bond donors (Lipinski definition) is 0. The summed E-state index contributed by atoms with van der Waals surface area (Å²) in [7, 11) is 0. The molecule has 2 aliphatic heterocycles. The smallest absolute Gasteiger partial charge is 0.237 e. The van der Waals surface area contributed by atoms with Crippen LogP contribution in [0.4, 0.5) is 4.39 Å². The third kappa shape index (κ3) is 4.50. The van der Waals surface area contributed by atoms with Gasteiger partial charge in [0.25, 0.3) is 0 Å². The van der Waals surface area contributed by atoms with Crippen molar-refractivity contribution in [3.05, 3.63) is 35.6 Å². The molecule has 1 aromatic rings. The minimum absolute atomic E-state index is 0.0558. The SMILES string of the molecule is O=C1CN(CCC2COCCO2)CCN1Cc1ccccc1F. The van der Waals surface area contributed by atoms with Gasteiger partial charge in [-0.05, 0) is 12.5 Å². The number of halogens is 1. The van der Waals surface area contributed by atoms with Crippen molar-refractivity contribution in [3.8, 4) is 0 Å². The molecule has 0 N–H and O–H groups in total. The van der Waals surface area contributed by atoms with E-state index in [1.165, 1.54) is 6.07 Å². The van der Waals surface area contributed by atoms with E-state index in [0.29, 0.717) is 45.0 Å². The Balaban J connectivity index is 1.45. The third-order valence-corrected chi connectivity index (χ3v) is 4.37. The number of benzene rings is 1. The Kier molecular flexibility index (Phi) is 5.59. The van der Waals surface area contributed by atoms with Crippen LogP contribution in [-0.2, 0) is 20.8 Å². The predicted molar refractivity (Wildman–Crippen MR) is 83.4 cm³/mol. The lowest BCUT2D eigenvalue weighted by Gasteiger charge is -2.35. The zero-order valence-electron chi connectivity index (χ0n) is 13.2. The fourth-order valence-corrected chi connectivity index (χ4v) is 2.98. The van der Waals surface area contributed by atoms with Gasteiger partial charge in [-0.3, -0.25) is 9.69 Å². The predicted octanol–water partition coefficient (Wildman–Crippen LogP) is 1.28. The maximum absolute atomic E-state index is 13.7. The van der Waals surface area contributed by atoms with Gasteiger partial charge < -0.3 is 14.4 Å². The lowest BCUT2D eigenvalue weighted by molar-refractivity contribution is -0.137. The summed E-state index contributed by atoms with van der Waals surface area (Å²) in [5.41, 5.74) is 0.571. The van der Waals surface area contributed by atoms with Crippen LogP contribution in [0.5, 0.6) is 0 Å². The molecule has 126 valence electrons. The fraction of sp³-hybridized carbons (Fsp3) is 0.588. The van der Waals surface area contributed by atoms with Crippen LogP contribution in [0.2, 0.25) is 0 Å². The molecule has 0 aliphatic carbocycles. The number of rotatable bonds is 5. The summed E-state index contributed by atoms with van der Waals surface area (Å²) in [5, 5.41) is 0. The van der Waals surface area contributed by atoms with Gasteiger partial charge in [-0.1, -0.05) is 18.2 Å². The molecule has 0 radical (unpaired) electrons. The van der Waals surface area contributed by atoms with Crippen molar-refractivity contribution in [2.24, 2.45) is 0 Å². The summed E-state index contributed by atoms with van der Waals surface area (Å²) in [6.45, 7) is 4.97. The van der Waals surface area contributed by atoms with Crippen molar-refractivity contribution in [2.75, 3.05) is 46.0 Å². The van der Waals surface area contributed by atoms with Crippen LogP contribution in [0.3, 0.4) is 0 Å². The van der Waals surface area contributed by atoms with Gasteiger partial charge in [0.15, 0.2) is 0 Å². The van der Waals surface area contributed by atoms with Crippen LogP contribution in [0.1, 0.15) is 12.0 Å². The molecule has 1 unspecified atom stereocenters. The first kappa shape index (κ1) is 16.4. The molecule has 6 heteroatoms. The average molecular weight is 322 g/mol. The molecule has 2 saturated heterocycles. The van der Waals surface area contributed by atoms with Crippen LogP contribution in [0.25, 0.3) is 0 Å². The number of carbonyl (C=O) groups excluding carboxylic acids is 1. The Morgan fingerprint density at radius 2 is 2.09 bits per heavy atom. The van der Waals surface area contributed by atoms with E-state index >= 15 is 0 Å². The molecule has 0 bridgehead atoms. The van der Waals surface area contributed by atoms with Gasteiger partial charge in [0.2, 0.25) is 5.91 Å². The first-order valence-corrected chi connectivity index (χ1v) is 8.15. The highest BCUT2D eigenvalue weighted by Crippen LogP contribution is 2.14. The molecule has 5 nitrogen and oxygen atoms in total. The molecule has 2 aliphatic rings. The average Bonchev–Trinajstić information content (AvgIpc) is 2.58. The molecule has 23 heavy (non-hydrogen) atoms. The normalized spacial score (nSPS) is 23.3. The fourth-order valence-electron chi connectivity index (χ4n) is 2.98. The van der Waals surface area contributed by atoms with Crippen LogP contribution in [0.15, 0.2) is 24.3 Å². The van der Waals surface area contributed by atoms with Crippen LogP contribution in [0, 0.1) is 5.82 Å². The Morgan fingerprint density at radius 3 is 2.83 bits per heavy atom. The molecule has 0 aromatic heterocycles. The van der Waals surface area contributed by atoms with Crippen molar-refractivity contribution >= 4 is 5.91 Å². The highest BCUT2D eigenvalue weighted by atomic mass is 19.1. The third-order valence-electron chi connectivity index (χ3n) is 4.37. The minimum Gasteiger partial charge on any atom is -0.376 e. The van der Waals surface area contributed by atoms with Gasteiger partial charge in [-0.25, -0.2) is 4.39 Å². The van der Waals surface area contributed by atoms with Gasteiger partial charge in [-0.2, -0.15) is 0 Å². The quantitative estimate of drug-likeness (QED) is 0.819. The molecular formula is C17H23FN2O3. The second-order valence-corrected chi connectivity index (χ2v) is 6.04. The van der Waals surface area contributed by atoms with Crippen molar-refractivity contribution in [3.63, 3.8) is 0 Å². The molecule has 1 amide bonds. The number of nitrogens with zero attached hydrogens (tertiary/aromatic N) is 2.